The van der Waals surface area contributed by atoms with Crippen LogP contribution in [0.1, 0.15) is 24.7 Å². The molecule has 16 heavy (non-hydrogen) atoms. The SMILES string of the molecule is CCn1nc(C)cc1CCCNCCOC. The van der Waals surface area contributed by atoms with Crippen molar-refractivity contribution in [1.29, 1.82) is 0 Å². The van der Waals surface area contributed by atoms with Gasteiger partial charge >= 0.3 is 0 Å². The first-order valence-electron chi connectivity index (χ1n) is 6.01. The molecule has 0 aromatic carbocycles. The van der Waals surface area contributed by atoms with E-state index in [0.29, 0.717) is 0 Å². The van der Waals surface area contributed by atoms with E-state index < -0.39 is 0 Å². The Kier molecular flexibility index (Phi) is 6.11. The van der Waals surface area contributed by atoms with Crippen LogP contribution < -0.4 is 5.32 Å². The van der Waals surface area contributed by atoms with E-state index in [-0.39, 0.29) is 0 Å². The molecule has 1 aromatic heterocycles. The normalized spacial score (nSPS) is 10.9. The highest BCUT2D eigenvalue weighted by Crippen LogP contribution is 2.06. The van der Waals surface area contributed by atoms with Crippen molar-refractivity contribution in [2.45, 2.75) is 33.2 Å². The van der Waals surface area contributed by atoms with Crippen LogP contribution in [-0.4, -0.2) is 36.6 Å². The summed E-state index contributed by atoms with van der Waals surface area (Å²) >= 11 is 0. The minimum absolute atomic E-state index is 0.784. The van der Waals surface area contributed by atoms with Crippen LogP contribution in [0.4, 0.5) is 0 Å². The Morgan fingerprint density at radius 3 is 2.94 bits per heavy atom. The van der Waals surface area contributed by atoms with Gasteiger partial charge in [-0.3, -0.25) is 4.68 Å². The van der Waals surface area contributed by atoms with Gasteiger partial charge in [0, 0.05) is 25.9 Å². The second-order valence-corrected chi connectivity index (χ2v) is 3.94. The molecule has 1 rings (SSSR count). The molecule has 1 heterocycles. The molecule has 0 saturated heterocycles. The van der Waals surface area contributed by atoms with Gasteiger partial charge in [-0.2, -0.15) is 5.10 Å². The highest BCUT2D eigenvalue weighted by Gasteiger charge is 2.02. The molecular formula is C12H23N3O. The van der Waals surface area contributed by atoms with Crippen molar-refractivity contribution < 1.29 is 4.74 Å². The van der Waals surface area contributed by atoms with Gasteiger partial charge in [0.05, 0.1) is 12.3 Å². The summed E-state index contributed by atoms with van der Waals surface area (Å²) < 4.78 is 7.06. The molecule has 0 aliphatic heterocycles. The first-order chi connectivity index (χ1) is 7.77. The van der Waals surface area contributed by atoms with Gasteiger partial charge in [-0.05, 0) is 39.3 Å². The Bertz CT molecular complexity index is 296. The molecule has 0 aliphatic carbocycles. The van der Waals surface area contributed by atoms with Crippen molar-refractivity contribution in [3.63, 3.8) is 0 Å². The largest absolute Gasteiger partial charge is 0.383 e. The molecule has 0 unspecified atom stereocenters. The number of aryl methyl sites for hydroxylation is 3. The molecule has 0 saturated carbocycles. The predicted octanol–water partition coefficient (Wildman–Crippen LogP) is 1.38. The van der Waals surface area contributed by atoms with Crippen LogP contribution in [0, 0.1) is 6.92 Å². The van der Waals surface area contributed by atoms with E-state index in [1.54, 1.807) is 7.11 Å². The van der Waals surface area contributed by atoms with Crippen molar-refractivity contribution in [3.8, 4) is 0 Å². The minimum atomic E-state index is 0.784. The van der Waals surface area contributed by atoms with Gasteiger partial charge < -0.3 is 10.1 Å². The zero-order valence-electron chi connectivity index (χ0n) is 10.6. The second-order valence-electron chi connectivity index (χ2n) is 3.94. The van der Waals surface area contributed by atoms with Crippen molar-refractivity contribution in [3.05, 3.63) is 17.5 Å². The second kappa shape index (κ2) is 7.41. The number of hydrogen-bond donors (Lipinski definition) is 1. The van der Waals surface area contributed by atoms with E-state index in [9.17, 15) is 0 Å². The Morgan fingerprint density at radius 1 is 1.44 bits per heavy atom. The molecule has 4 heteroatoms. The maximum atomic E-state index is 4.97. The van der Waals surface area contributed by atoms with Crippen molar-refractivity contribution in [1.82, 2.24) is 15.1 Å². The smallest absolute Gasteiger partial charge is 0.0596 e. The van der Waals surface area contributed by atoms with E-state index in [2.05, 4.69) is 28.1 Å². The third kappa shape index (κ3) is 4.33. The Hall–Kier alpha value is -0.870. The number of nitrogens with zero attached hydrogens (tertiary/aromatic N) is 2. The molecule has 0 radical (unpaired) electrons. The summed E-state index contributed by atoms with van der Waals surface area (Å²) in [5.41, 5.74) is 2.46. The number of aromatic nitrogens is 2. The quantitative estimate of drug-likeness (QED) is 0.679. The van der Waals surface area contributed by atoms with Crippen LogP contribution in [0.15, 0.2) is 6.07 Å². The average Bonchev–Trinajstić information content (AvgIpc) is 2.64. The molecule has 0 spiro atoms. The van der Waals surface area contributed by atoms with E-state index in [4.69, 9.17) is 4.74 Å². The van der Waals surface area contributed by atoms with Gasteiger partial charge in [0.15, 0.2) is 0 Å². The topological polar surface area (TPSA) is 39.1 Å². The monoisotopic (exact) mass is 225 g/mol. The lowest BCUT2D eigenvalue weighted by Gasteiger charge is -2.05. The molecule has 0 aliphatic rings. The summed E-state index contributed by atoms with van der Waals surface area (Å²) in [4.78, 5) is 0. The van der Waals surface area contributed by atoms with Crippen LogP contribution in [0.25, 0.3) is 0 Å². The Labute approximate surface area is 98.0 Å². The number of rotatable bonds is 8. The van der Waals surface area contributed by atoms with E-state index in [0.717, 1.165) is 44.8 Å². The lowest BCUT2D eigenvalue weighted by molar-refractivity contribution is 0.199. The van der Waals surface area contributed by atoms with Crippen molar-refractivity contribution in [2.75, 3.05) is 26.8 Å². The fourth-order valence-electron chi connectivity index (χ4n) is 1.77. The van der Waals surface area contributed by atoms with Gasteiger partial charge in [-0.15, -0.1) is 0 Å². The van der Waals surface area contributed by atoms with Gasteiger partial charge in [0.1, 0.15) is 0 Å². The summed E-state index contributed by atoms with van der Waals surface area (Å²) in [6, 6.07) is 2.18. The maximum absolute atomic E-state index is 4.97. The third-order valence-corrected chi connectivity index (χ3v) is 2.55. The first-order valence-corrected chi connectivity index (χ1v) is 6.01. The van der Waals surface area contributed by atoms with Crippen molar-refractivity contribution in [2.24, 2.45) is 0 Å². The molecule has 92 valence electrons. The standard InChI is InChI=1S/C12H23N3O/c1-4-15-12(10-11(2)14-15)6-5-7-13-8-9-16-3/h10,13H,4-9H2,1-3H3. The highest BCUT2D eigenvalue weighted by molar-refractivity contribution is 5.08. The van der Waals surface area contributed by atoms with Gasteiger partial charge in [0.2, 0.25) is 0 Å². The molecule has 0 bridgehead atoms. The van der Waals surface area contributed by atoms with Gasteiger partial charge in [-0.1, -0.05) is 0 Å². The van der Waals surface area contributed by atoms with E-state index >= 15 is 0 Å². The average molecular weight is 225 g/mol. The van der Waals surface area contributed by atoms with Crippen LogP contribution in [0.3, 0.4) is 0 Å². The Morgan fingerprint density at radius 2 is 2.25 bits per heavy atom. The van der Waals surface area contributed by atoms with Crippen LogP contribution >= 0.6 is 0 Å². The zero-order valence-corrected chi connectivity index (χ0v) is 10.6. The van der Waals surface area contributed by atoms with E-state index in [1.165, 1.54) is 5.69 Å². The van der Waals surface area contributed by atoms with Crippen molar-refractivity contribution >= 4 is 0 Å². The van der Waals surface area contributed by atoms with Gasteiger partial charge in [0.25, 0.3) is 0 Å². The lowest BCUT2D eigenvalue weighted by atomic mass is 10.2. The minimum Gasteiger partial charge on any atom is -0.383 e. The zero-order chi connectivity index (χ0) is 11.8. The Balaban J connectivity index is 2.21. The molecule has 1 aromatic rings. The third-order valence-electron chi connectivity index (χ3n) is 2.55. The molecule has 0 atom stereocenters. The molecule has 1 N–H and O–H groups in total. The van der Waals surface area contributed by atoms with Crippen LogP contribution in [0.5, 0.6) is 0 Å². The number of ether oxygens (including phenoxy) is 1. The number of hydrogen-bond acceptors (Lipinski definition) is 3. The molecule has 4 nitrogen and oxygen atoms in total. The highest BCUT2D eigenvalue weighted by atomic mass is 16.5. The molecular weight excluding hydrogens is 202 g/mol. The summed E-state index contributed by atoms with van der Waals surface area (Å²) in [5.74, 6) is 0. The lowest BCUT2D eigenvalue weighted by Crippen LogP contribution is -2.20. The summed E-state index contributed by atoms with van der Waals surface area (Å²) in [6.07, 6.45) is 2.24. The van der Waals surface area contributed by atoms with Crippen LogP contribution in [-0.2, 0) is 17.7 Å². The van der Waals surface area contributed by atoms with E-state index in [1.807, 2.05) is 6.92 Å². The number of nitrogens with one attached hydrogen (secondary N) is 1. The molecule has 0 amide bonds. The fraction of sp³-hybridized carbons (Fsp3) is 0.750. The summed E-state index contributed by atoms with van der Waals surface area (Å²) in [7, 11) is 1.73. The number of methoxy groups -OCH3 is 1. The summed E-state index contributed by atoms with van der Waals surface area (Å²) in [5, 5.41) is 7.78. The van der Waals surface area contributed by atoms with Gasteiger partial charge in [-0.25, -0.2) is 0 Å². The maximum Gasteiger partial charge on any atom is 0.0596 e. The van der Waals surface area contributed by atoms with Crippen LogP contribution in [0.2, 0.25) is 0 Å². The first kappa shape index (κ1) is 13.2. The summed E-state index contributed by atoms with van der Waals surface area (Å²) in [6.45, 7) is 7.89. The fourth-order valence-corrected chi connectivity index (χ4v) is 1.77. The predicted molar refractivity (Wildman–Crippen MR) is 65.7 cm³/mol. The molecule has 0 fully saturated rings.